The number of rotatable bonds is 11. The molecule has 0 bridgehead atoms. The topological polar surface area (TPSA) is 97.8 Å². The van der Waals surface area contributed by atoms with Crippen LogP contribution in [-0.4, -0.2) is 42.6 Å². The lowest BCUT2D eigenvalue weighted by Gasteiger charge is -2.17. The van der Waals surface area contributed by atoms with Gasteiger partial charge in [0.1, 0.15) is 12.0 Å². The molecular weight excluding hydrogens is 396 g/mol. The molecule has 1 aromatic heterocycles. The zero-order chi connectivity index (χ0) is 22.4. The Morgan fingerprint density at radius 3 is 2.71 bits per heavy atom. The minimum Gasteiger partial charge on any atom is -0.496 e. The van der Waals surface area contributed by atoms with Crippen molar-refractivity contribution in [2.45, 2.75) is 32.4 Å². The molecule has 0 aliphatic heterocycles. The Kier molecular flexibility index (Phi) is 7.55. The molecule has 0 spiro atoms. The van der Waals surface area contributed by atoms with Crippen LogP contribution < -0.4 is 10.1 Å². The van der Waals surface area contributed by atoms with Crippen LogP contribution in [0, 0.1) is 5.92 Å². The van der Waals surface area contributed by atoms with E-state index in [1.54, 1.807) is 30.3 Å². The molecule has 1 heterocycles. The monoisotopic (exact) mass is 424 g/mol. The molecule has 164 valence electrons. The first-order valence-electron chi connectivity index (χ1n) is 10.4. The maximum atomic E-state index is 12.8. The van der Waals surface area contributed by atoms with Crippen molar-refractivity contribution in [2.24, 2.45) is 5.92 Å². The molecule has 0 radical (unpaired) electrons. The highest BCUT2D eigenvalue weighted by Gasteiger charge is 2.25. The molecular formula is C24H28N2O5. The number of aliphatic hydroxyl groups excluding tert-OH is 1. The summed E-state index contributed by atoms with van der Waals surface area (Å²) in [6, 6.07) is 6.63. The van der Waals surface area contributed by atoms with Crippen LogP contribution in [-0.2, 0) is 4.74 Å². The van der Waals surface area contributed by atoms with Crippen molar-refractivity contribution in [1.29, 1.82) is 0 Å². The van der Waals surface area contributed by atoms with Gasteiger partial charge in [-0.25, -0.2) is 9.78 Å². The summed E-state index contributed by atoms with van der Waals surface area (Å²) in [7, 11) is 1.52. The normalized spacial score (nSPS) is 14.0. The molecule has 1 aromatic carbocycles. The van der Waals surface area contributed by atoms with Gasteiger partial charge in [-0.1, -0.05) is 19.6 Å². The molecule has 7 heteroatoms. The Morgan fingerprint density at radius 1 is 1.32 bits per heavy atom. The summed E-state index contributed by atoms with van der Waals surface area (Å²) in [6.45, 7) is 6.57. The first-order valence-corrected chi connectivity index (χ1v) is 10.4. The van der Waals surface area contributed by atoms with Gasteiger partial charge in [-0.2, -0.15) is 0 Å². The van der Waals surface area contributed by atoms with Crippen LogP contribution in [0.5, 0.6) is 5.75 Å². The molecule has 1 atom stereocenters. The molecule has 1 aliphatic rings. The van der Waals surface area contributed by atoms with Crippen LogP contribution in [0.2, 0.25) is 0 Å². The second-order valence-electron chi connectivity index (χ2n) is 7.53. The zero-order valence-electron chi connectivity index (χ0n) is 17.9. The quantitative estimate of drug-likeness (QED) is 0.322. The molecule has 7 nitrogen and oxygen atoms in total. The predicted octanol–water partition coefficient (Wildman–Crippen LogP) is 3.77. The summed E-state index contributed by atoms with van der Waals surface area (Å²) in [5, 5.41) is 13.5. The van der Waals surface area contributed by atoms with Crippen LogP contribution in [0.15, 0.2) is 30.8 Å². The van der Waals surface area contributed by atoms with Crippen molar-refractivity contribution in [3.8, 4) is 16.9 Å². The van der Waals surface area contributed by atoms with Crippen molar-refractivity contribution < 1.29 is 24.2 Å². The number of aromatic nitrogens is 1. The average molecular weight is 424 g/mol. The number of methoxy groups -OCH3 is 1. The lowest BCUT2D eigenvalue weighted by molar-refractivity contribution is 0.0497. The number of carbonyl (C=O) groups excluding carboxylic acids is 2. The number of nitrogens with zero attached hydrogens (tertiary/aromatic N) is 1. The highest BCUT2D eigenvalue weighted by molar-refractivity contribution is 5.99. The molecule has 2 aromatic rings. The van der Waals surface area contributed by atoms with Gasteiger partial charge in [-0.3, -0.25) is 10.1 Å². The van der Waals surface area contributed by atoms with Gasteiger partial charge in [0.05, 0.1) is 19.4 Å². The van der Waals surface area contributed by atoms with Crippen LogP contribution in [0.25, 0.3) is 17.2 Å². The second-order valence-corrected chi connectivity index (χ2v) is 7.53. The third kappa shape index (κ3) is 5.37. The first kappa shape index (κ1) is 22.7. The average Bonchev–Trinajstić information content (AvgIpc) is 3.64. The van der Waals surface area contributed by atoms with E-state index in [2.05, 4.69) is 16.9 Å². The van der Waals surface area contributed by atoms with Crippen LogP contribution >= 0.6 is 0 Å². The Hall–Kier alpha value is -3.03. The third-order valence-electron chi connectivity index (χ3n) is 5.16. The maximum absolute atomic E-state index is 12.8. The highest BCUT2D eigenvalue weighted by atomic mass is 16.5. The standard InChI is InChI=1S/C24H28N2O5/c1-4-10-31-24(29)22-18(8-9-20(26-22)23(28)25-13-15-6-7-15)19-12-21(30-3)16(5-2)11-17(19)14-27/h5,8-9,11-12,14-15,23,25,28H,2,4,6-7,10,13H2,1,3H3. The van der Waals surface area contributed by atoms with Gasteiger partial charge in [0.15, 0.2) is 12.0 Å². The summed E-state index contributed by atoms with van der Waals surface area (Å²) >= 11 is 0. The van der Waals surface area contributed by atoms with E-state index in [9.17, 15) is 14.7 Å². The number of benzene rings is 1. The fourth-order valence-corrected chi connectivity index (χ4v) is 3.25. The van der Waals surface area contributed by atoms with Gasteiger partial charge in [-0.15, -0.1) is 0 Å². The van der Waals surface area contributed by atoms with E-state index >= 15 is 0 Å². The molecule has 0 saturated heterocycles. The fraction of sp³-hybridized carbons (Fsp3) is 0.375. The molecule has 31 heavy (non-hydrogen) atoms. The van der Waals surface area contributed by atoms with Crippen molar-refractivity contribution in [1.82, 2.24) is 10.3 Å². The summed E-state index contributed by atoms with van der Waals surface area (Å²) in [5.41, 5.74) is 2.29. The number of carbonyl (C=O) groups is 2. The molecule has 2 N–H and O–H groups in total. The van der Waals surface area contributed by atoms with E-state index in [4.69, 9.17) is 9.47 Å². The van der Waals surface area contributed by atoms with Gasteiger partial charge in [0.2, 0.25) is 0 Å². The summed E-state index contributed by atoms with van der Waals surface area (Å²) < 4.78 is 10.7. The predicted molar refractivity (Wildman–Crippen MR) is 118 cm³/mol. The number of nitrogens with one attached hydrogen (secondary N) is 1. The van der Waals surface area contributed by atoms with Crippen molar-refractivity contribution >= 4 is 18.3 Å². The summed E-state index contributed by atoms with van der Waals surface area (Å²) in [4.78, 5) is 29.0. The van der Waals surface area contributed by atoms with E-state index < -0.39 is 12.2 Å². The van der Waals surface area contributed by atoms with Crippen LogP contribution in [0.4, 0.5) is 0 Å². The maximum Gasteiger partial charge on any atom is 0.357 e. The molecule has 1 fully saturated rings. The summed E-state index contributed by atoms with van der Waals surface area (Å²) in [6.07, 6.45) is 4.26. The number of pyridine rings is 1. The van der Waals surface area contributed by atoms with E-state index in [1.165, 1.54) is 7.11 Å². The number of hydrogen-bond donors (Lipinski definition) is 2. The number of aliphatic hydroxyl groups is 1. The highest BCUT2D eigenvalue weighted by Crippen LogP contribution is 2.34. The minimum atomic E-state index is -1.00. The van der Waals surface area contributed by atoms with Gasteiger partial charge < -0.3 is 14.6 Å². The van der Waals surface area contributed by atoms with E-state index in [1.807, 2.05) is 6.92 Å². The second kappa shape index (κ2) is 10.3. The van der Waals surface area contributed by atoms with Gasteiger partial charge in [0, 0.05) is 23.2 Å². The lowest BCUT2D eigenvalue weighted by atomic mass is 9.95. The van der Waals surface area contributed by atoms with Gasteiger partial charge in [-0.05, 0) is 55.0 Å². The smallest absolute Gasteiger partial charge is 0.357 e. The van der Waals surface area contributed by atoms with Gasteiger partial charge in [0.25, 0.3) is 0 Å². The van der Waals surface area contributed by atoms with Crippen LogP contribution in [0.1, 0.15) is 64.5 Å². The van der Waals surface area contributed by atoms with Crippen LogP contribution in [0.3, 0.4) is 0 Å². The summed E-state index contributed by atoms with van der Waals surface area (Å²) in [5.74, 6) is 0.476. The number of ether oxygens (including phenoxy) is 2. The van der Waals surface area contributed by atoms with E-state index in [-0.39, 0.29) is 12.3 Å². The van der Waals surface area contributed by atoms with E-state index in [0.29, 0.717) is 58.9 Å². The Bertz CT molecular complexity index is 969. The third-order valence-corrected chi connectivity index (χ3v) is 5.16. The molecule has 3 rings (SSSR count). The van der Waals surface area contributed by atoms with Crippen molar-refractivity contribution in [3.05, 3.63) is 53.4 Å². The number of aldehydes is 1. The largest absolute Gasteiger partial charge is 0.496 e. The zero-order valence-corrected chi connectivity index (χ0v) is 17.9. The molecule has 1 aliphatic carbocycles. The van der Waals surface area contributed by atoms with Gasteiger partial charge >= 0.3 is 5.97 Å². The lowest BCUT2D eigenvalue weighted by Crippen LogP contribution is -2.25. The minimum absolute atomic E-state index is 0.0368. The number of hydrogen-bond acceptors (Lipinski definition) is 7. The van der Waals surface area contributed by atoms with Crippen molar-refractivity contribution in [3.63, 3.8) is 0 Å². The molecule has 1 saturated carbocycles. The molecule has 0 amide bonds. The molecule has 1 unspecified atom stereocenters. The van der Waals surface area contributed by atoms with Crippen molar-refractivity contribution in [2.75, 3.05) is 20.3 Å². The Labute approximate surface area is 182 Å². The fourth-order valence-electron chi connectivity index (χ4n) is 3.25. The first-order chi connectivity index (χ1) is 15.0. The number of esters is 1. The SMILES string of the molecule is C=Cc1cc(C=O)c(-c2ccc(C(O)NCC3CC3)nc2C(=O)OCCC)cc1OC. The Balaban J connectivity index is 2.06. The Morgan fingerprint density at radius 2 is 2.10 bits per heavy atom. The van der Waals surface area contributed by atoms with E-state index in [0.717, 1.165) is 12.8 Å².